The van der Waals surface area contributed by atoms with Crippen LogP contribution in [0.1, 0.15) is 5.69 Å². The van der Waals surface area contributed by atoms with Gasteiger partial charge < -0.3 is 0 Å². The Hall–Kier alpha value is -1.33. The highest BCUT2D eigenvalue weighted by atomic mass is 35.5. The van der Waals surface area contributed by atoms with E-state index in [9.17, 15) is 13.2 Å². The molecule has 0 aliphatic carbocycles. The Balaban J connectivity index is 2.55. The third-order valence-corrected chi connectivity index (χ3v) is 2.50. The molecule has 1 heterocycles. The van der Waals surface area contributed by atoms with E-state index in [0.29, 0.717) is 16.7 Å². The first-order valence-corrected chi connectivity index (χ1v) is 5.49. The number of aromatic nitrogens is 2. The van der Waals surface area contributed by atoms with Gasteiger partial charge in [-0.25, -0.2) is 9.97 Å². The van der Waals surface area contributed by atoms with Crippen LogP contribution in [0.3, 0.4) is 0 Å². The third-order valence-electron chi connectivity index (χ3n) is 2.07. The number of benzene rings is 1. The molecule has 1 aromatic carbocycles. The van der Waals surface area contributed by atoms with E-state index in [1.165, 1.54) is 6.07 Å². The zero-order chi connectivity index (χ0) is 13.3. The van der Waals surface area contributed by atoms with Gasteiger partial charge in [-0.3, -0.25) is 0 Å². The standard InChI is InChI=1S/C11H5Cl2F3N2/c12-7-3-1-2-6(4-7)10-17-8(11(14,15)16)5-9(13)18-10/h1-5H. The van der Waals surface area contributed by atoms with Crippen LogP contribution in [0.4, 0.5) is 13.2 Å². The lowest BCUT2D eigenvalue weighted by atomic mass is 10.2. The summed E-state index contributed by atoms with van der Waals surface area (Å²) in [5.41, 5.74) is -0.715. The summed E-state index contributed by atoms with van der Waals surface area (Å²) in [4.78, 5) is 7.19. The molecule has 0 N–H and O–H groups in total. The summed E-state index contributed by atoms with van der Waals surface area (Å²) in [5.74, 6) is -0.114. The van der Waals surface area contributed by atoms with Crippen LogP contribution in [-0.4, -0.2) is 9.97 Å². The molecule has 0 aliphatic heterocycles. The molecule has 94 valence electrons. The van der Waals surface area contributed by atoms with Crippen molar-refractivity contribution in [3.05, 3.63) is 46.2 Å². The minimum absolute atomic E-state index is 0.114. The molecule has 2 rings (SSSR count). The smallest absolute Gasteiger partial charge is 0.223 e. The van der Waals surface area contributed by atoms with Gasteiger partial charge >= 0.3 is 6.18 Å². The molecule has 0 unspecified atom stereocenters. The summed E-state index contributed by atoms with van der Waals surface area (Å²) in [6.07, 6.45) is -4.57. The van der Waals surface area contributed by atoms with Crippen molar-refractivity contribution in [2.75, 3.05) is 0 Å². The summed E-state index contributed by atoms with van der Waals surface area (Å²) in [6.45, 7) is 0. The first-order chi connectivity index (χ1) is 8.36. The second-order valence-corrected chi connectivity index (χ2v) is 4.23. The fourth-order valence-electron chi connectivity index (χ4n) is 1.32. The van der Waals surface area contributed by atoms with Gasteiger partial charge in [0.15, 0.2) is 5.82 Å². The molecule has 2 aromatic rings. The lowest BCUT2D eigenvalue weighted by Crippen LogP contribution is -2.09. The van der Waals surface area contributed by atoms with E-state index < -0.39 is 11.9 Å². The largest absolute Gasteiger partial charge is 0.433 e. The van der Waals surface area contributed by atoms with Gasteiger partial charge in [0.05, 0.1) is 0 Å². The molecule has 0 radical (unpaired) electrons. The SMILES string of the molecule is FC(F)(F)c1cc(Cl)nc(-c2cccc(Cl)c2)n1. The third kappa shape index (κ3) is 2.91. The summed E-state index contributed by atoms with van der Waals surface area (Å²) < 4.78 is 37.7. The molecule has 18 heavy (non-hydrogen) atoms. The average Bonchev–Trinajstić information content (AvgIpc) is 2.27. The van der Waals surface area contributed by atoms with E-state index in [-0.39, 0.29) is 11.0 Å². The first-order valence-electron chi connectivity index (χ1n) is 4.74. The lowest BCUT2D eigenvalue weighted by Gasteiger charge is -2.08. The molecular formula is C11H5Cl2F3N2. The highest BCUT2D eigenvalue weighted by Gasteiger charge is 2.33. The average molecular weight is 293 g/mol. The predicted octanol–water partition coefficient (Wildman–Crippen LogP) is 4.47. The number of hydrogen-bond donors (Lipinski definition) is 0. The zero-order valence-electron chi connectivity index (χ0n) is 8.67. The van der Waals surface area contributed by atoms with E-state index >= 15 is 0 Å². The molecule has 1 aromatic heterocycles. The van der Waals surface area contributed by atoms with Gasteiger partial charge in [0.25, 0.3) is 0 Å². The number of alkyl halides is 3. The Labute approximate surface area is 110 Å². The van der Waals surface area contributed by atoms with E-state index in [4.69, 9.17) is 23.2 Å². The second kappa shape index (κ2) is 4.74. The zero-order valence-corrected chi connectivity index (χ0v) is 10.2. The lowest BCUT2D eigenvalue weighted by molar-refractivity contribution is -0.141. The van der Waals surface area contributed by atoms with Crippen LogP contribution < -0.4 is 0 Å². The van der Waals surface area contributed by atoms with E-state index in [1.807, 2.05) is 0 Å². The fraction of sp³-hybridized carbons (Fsp3) is 0.0909. The van der Waals surface area contributed by atoms with Crippen molar-refractivity contribution in [3.8, 4) is 11.4 Å². The van der Waals surface area contributed by atoms with Gasteiger partial charge in [0.2, 0.25) is 0 Å². The van der Waals surface area contributed by atoms with Crippen LogP contribution >= 0.6 is 23.2 Å². The molecule has 0 spiro atoms. The van der Waals surface area contributed by atoms with E-state index in [1.54, 1.807) is 18.2 Å². The Morgan fingerprint density at radius 2 is 1.72 bits per heavy atom. The Bertz CT molecular complexity index is 585. The van der Waals surface area contributed by atoms with Crippen molar-refractivity contribution in [1.82, 2.24) is 9.97 Å². The number of halogens is 5. The van der Waals surface area contributed by atoms with Gasteiger partial charge in [-0.2, -0.15) is 13.2 Å². The van der Waals surface area contributed by atoms with Gasteiger partial charge in [-0.15, -0.1) is 0 Å². The number of nitrogens with zero attached hydrogens (tertiary/aromatic N) is 2. The van der Waals surface area contributed by atoms with Crippen molar-refractivity contribution in [2.24, 2.45) is 0 Å². The van der Waals surface area contributed by atoms with Crippen molar-refractivity contribution in [2.45, 2.75) is 6.18 Å². The Morgan fingerprint density at radius 1 is 1.00 bits per heavy atom. The maximum Gasteiger partial charge on any atom is 0.433 e. The summed E-state index contributed by atoms with van der Waals surface area (Å²) in [6, 6.07) is 6.89. The van der Waals surface area contributed by atoms with Gasteiger partial charge in [0, 0.05) is 16.7 Å². The molecule has 0 atom stereocenters. The molecule has 0 bridgehead atoms. The quantitative estimate of drug-likeness (QED) is 0.725. The summed E-state index contributed by atoms with van der Waals surface area (Å²) in [7, 11) is 0. The van der Waals surface area contributed by atoms with E-state index in [0.717, 1.165) is 0 Å². The molecular weight excluding hydrogens is 288 g/mol. The van der Waals surface area contributed by atoms with Crippen molar-refractivity contribution in [3.63, 3.8) is 0 Å². The topological polar surface area (TPSA) is 25.8 Å². The molecule has 0 fully saturated rings. The highest BCUT2D eigenvalue weighted by molar-refractivity contribution is 6.31. The van der Waals surface area contributed by atoms with Crippen molar-refractivity contribution in [1.29, 1.82) is 0 Å². The highest BCUT2D eigenvalue weighted by Crippen LogP contribution is 2.31. The predicted molar refractivity (Wildman–Crippen MR) is 62.5 cm³/mol. The normalized spacial score (nSPS) is 11.6. The van der Waals surface area contributed by atoms with Gasteiger partial charge in [-0.1, -0.05) is 35.3 Å². The minimum Gasteiger partial charge on any atom is -0.223 e. The van der Waals surface area contributed by atoms with Crippen LogP contribution in [0.15, 0.2) is 30.3 Å². The van der Waals surface area contributed by atoms with Crippen LogP contribution in [-0.2, 0) is 6.18 Å². The van der Waals surface area contributed by atoms with Crippen LogP contribution in [0.5, 0.6) is 0 Å². The van der Waals surface area contributed by atoms with Gasteiger partial charge in [-0.05, 0) is 12.1 Å². The summed E-state index contributed by atoms with van der Waals surface area (Å²) >= 11 is 11.3. The Kier molecular flexibility index (Phi) is 3.45. The van der Waals surface area contributed by atoms with Crippen LogP contribution in [0, 0.1) is 0 Å². The van der Waals surface area contributed by atoms with Crippen LogP contribution in [0.25, 0.3) is 11.4 Å². The maximum absolute atomic E-state index is 12.6. The fourth-order valence-corrected chi connectivity index (χ4v) is 1.69. The molecule has 7 heteroatoms. The summed E-state index contributed by atoms with van der Waals surface area (Å²) in [5, 5.41) is 0.108. The molecule has 0 amide bonds. The van der Waals surface area contributed by atoms with Gasteiger partial charge in [0.1, 0.15) is 10.8 Å². The monoisotopic (exact) mass is 292 g/mol. The number of hydrogen-bond acceptors (Lipinski definition) is 2. The second-order valence-electron chi connectivity index (χ2n) is 3.41. The molecule has 2 nitrogen and oxygen atoms in total. The number of rotatable bonds is 1. The van der Waals surface area contributed by atoms with Crippen LogP contribution in [0.2, 0.25) is 10.2 Å². The first kappa shape index (κ1) is 13.1. The van der Waals surface area contributed by atoms with Crippen molar-refractivity contribution >= 4 is 23.2 Å². The molecule has 0 saturated heterocycles. The minimum atomic E-state index is -4.57. The molecule has 0 saturated carbocycles. The molecule has 0 aliphatic rings. The maximum atomic E-state index is 12.6. The van der Waals surface area contributed by atoms with E-state index in [2.05, 4.69) is 9.97 Å². The van der Waals surface area contributed by atoms with Crippen molar-refractivity contribution < 1.29 is 13.2 Å². The Morgan fingerprint density at radius 3 is 2.33 bits per heavy atom.